The molecule has 0 aliphatic carbocycles. The molecule has 0 fully saturated rings. The second kappa shape index (κ2) is 10.0. The minimum atomic E-state index is -0.179. The molecule has 0 rings (SSSR count). The first-order valence-corrected chi connectivity index (χ1v) is 5.89. The Morgan fingerprint density at radius 2 is 1.82 bits per heavy atom. The molecular weight excluding hydrogens is 222 g/mol. The van der Waals surface area contributed by atoms with Gasteiger partial charge in [0.2, 0.25) is 11.8 Å². The maximum Gasteiger partial charge on any atom is 0.241 e. The highest BCUT2D eigenvalue weighted by Crippen LogP contribution is 1.86. The minimum Gasteiger partial charge on any atom is -0.383 e. The van der Waals surface area contributed by atoms with Gasteiger partial charge in [0.25, 0.3) is 0 Å². The fraction of sp³-hybridized carbons (Fsp3) is 0.818. The van der Waals surface area contributed by atoms with E-state index in [1.54, 1.807) is 12.0 Å². The van der Waals surface area contributed by atoms with Crippen LogP contribution in [-0.4, -0.2) is 63.2 Å². The number of likely N-dealkylation sites (N-methyl/N-ethyl adjacent to an activating group) is 1. The minimum absolute atomic E-state index is 0.0553. The number of hydrogen-bond donors (Lipinski definition) is 2. The molecule has 0 heterocycles. The van der Waals surface area contributed by atoms with Gasteiger partial charge >= 0.3 is 0 Å². The molecule has 0 saturated heterocycles. The number of methoxy groups -OCH3 is 1. The topological polar surface area (TPSA) is 70.7 Å². The molecule has 0 aromatic rings. The van der Waals surface area contributed by atoms with Gasteiger partial charge in [0.05, 0.1) is 19.7 Å². The van der Waals surface area contributed by atoms with Crippen molar-refractivity contribution in [1.82, 2.24) is 15.5 Å². The Kier molecular flexibility index (Phi) is 9.37. The highest BCUT2D eigenvalue weighted by molar-refractivity contribution is 5.85. The number of rotatable bonds is 9. The third kappa shape index (κ3) is 7.70. The third-order valence-electron chi connectivity index (χ3n) is 2.32. The molecule has 6 nitrogen and oxygen atoms in total. The molecule has 0 radical (unpaired) electrons. The SMILES string of the molecule is CCN(CC)C(=O)CNC(=O)CNCCOC. The van der Waals surface area contributed by atoms with Crippen molar-refractivity contribution < 1.29 is 14.3 Å². The van der Waals surface area contributed by atoms with Crippen LogP contribution in [0.25, 0.3) is 0 Å². The average molecular weight is 245 g/mol. The first-order valence-electron chi connectivity index (χ1n) is 5.89. The molecule has 0 spiro atoms. The summed E-state index contributed by atoms with van der Waals surface area (Å²) in [4.78, 5) is 24.6. The number of carbonyl (C=O) groups excluding carboxylic acids is 2. The molecule has 0 unspecified atom stereocenters. The van der Waals surface area contributed by atoms with Gasteiger partial charge in [-0.25, -0.2) is 0 Å². The van der Waals surface area contributed by atoms with E-state index in [1.807, 2.05) is 13.8 Å². The maximum atomic E-state index is 11.6. The van der Waals surface area contributed by atoms with Crippen molar-refractivity contribution in [3.05, 3.63) is 0 Å². The normalized spacial score (nSPS) is 10.1. The predicted octanol–water partition coefficient (Wildman–Crippen LogP) is -0.793. The summed E-state index contributed by atoms with van der Waals surface area (Å²) in [5.41, 5.74) is 0. The summed E-state index contributed by atoms with van der Waals surface area (Å²) in [6, 6.07) is 0. The number of nitrogens with zero attached hydrogens (tertiary/aromatic N) is 1. The first-order chi connectivity index (χ1) is 8.15. The van der Waals surface area contributed by atoms with Gasteiger partial charge in [-0.05, 0) is 13.8 Å². The van der Waals surface area contributed by atoms with Gasteiger partial charge in [0.15, 0.2) is 0 Å². The third-order valence-corrected chi connectivity index (χ3v) is 2.32. The highest BCUT2D eigenvalue weighted by atomic mass is 16.5. The lowest BCUT2D eigenvalue weighted by atomic mass is 10.4. The van der Waals surface area contributed by atoms with Crippen LogP contribution < -0.4 is 10.6 Å². The monoisotopic (exact) mass is 245 g/mol. The van der Waals surface area contributed by atoms with Crippen molar-refractivity contribution >= 4 is 11.8 Å². The summed E-state index contributed by atoms with van der Waals surface area (Å²) in [6.07, 6.45) is 0. The van der Waals surface area contributed by atoms with Gasteiger partial charge in [0, 0.05) is 26.7 Å². The van der Waals surface area contributed by atoms with Crippen LogP contribution in [0.3, 0.4) is 0 Å². The highest BCUT2D eigenvalue weighted by Gasteiger charge is 2.10. The van der Waals surface area contributed by atoms with Crippen LogP contribution in [-0.2, 0) is 14.3 Å². The van der Waals surface area contributed by atoms with Gasteiger partial charge in [-0.1, -0.05) is 0 Å². The van der Waals surface area contributed by atoms with Crippen molar-refractivity contribution in [2.24, 2.45) is 0 Å². The van der Waals surface area contributed by atoms with Crippen molar-refractivity contribution in [3.8, 4) is 0 Å². The van der Waals surface area contributed by atoms with Crippen LogP contribution in [0.15, 0.2) is 0 Å². The lowest BCUT2D eigenvalue weighted by molar-refractivity contribution is -0.132. The van der Waals surface area contributed by atoms with Gasteiger partial charge in [-0.15, -0.1) is 0 Å². The van der Waals surface area contributed by atoms with E-state index in [2.05, 4.69) is 10.6 Å². The molecule has 0 aromatic carbocycles. The zero-order chi connectivity index (χ0) is 13.1. The maximum absolute atomic E-state index is 11.6. The molecule has 17 heavy (non-hydrogen) atoms. The molecule has 0 aromatic heterocycles. The Balaban J connectivity index is 3.65. The van der Waals surface area contributed by atoms with Gasteiger partial charge in [-0.3, -0.25) is 9.59 Å². The van der Waals surface area contributed by atoms with Crippen molar-refractivity contribution in [1.29, 1.82) is 0 Å². The molecule has 2 amide bonds. The number of hydrogen-bond acceptors (Lipinski definition) is 4. The van der Waals surface area contributed by atoms with Crippen LogP contribution in [0.1, 0.15) is 13.8 Å². The van der Waals surface area contributed by atoms with Crippen LogP contribution in [0.4, 0.5) is 0 Å². The largest absolute Gasteiger partial charge is 0.383 e. The van der Waals surface area contributed by atoms with E-state index in [1.165, 1.54) is 0 Å². The molecule has 0 saturated carbocycles. The Morgan fingerprint density at radius 1 is 1.18 bits per heavy atom. The molecule has 0 aliphatic heterocycles. The average Bonchev–Trinajstić information content (AvgIpc) is 2.33. The van der Waals surface area contributed by atoms with E-state index >= 15 is 0 Å². The fourth-order valence-electron chi connectivity index (χ4n) is 1.30. The molecule has 0 atom stereocenters. The Labute approximate surface area is 103 Å². The van der Waals surface area contributed by atoms with Crippen LogP contribution in [0.5, 0.6) is 0 Å². The Hall–Kier alpha value is -1.14. The van der Waals surface area contributed by atoms with Crippen molar-refractivity contribution in [2.45, 2.75) is 13.8 Å². The first kappa shape index (κ1) is 15.9. The Morgan fingerprint density at radius 3 is 2.35 bits per heavy atom. The fourth-order valence-corrected chi connectivity index (χ4v) is 1.30. The quantitative estimate of drug-likeness (QED) is 0.522. The number of nitrogens with one attached hydrogen (secondary N) is 2. The van der Waals surface area contributed by atoms with E-state index in [-0.39, 0.29) is 24.9 Å². The van der Waals surface area contributed by atoms with Crippen LogP contribution in [0, 0.1) is 0 Å². The van der Waals surface area contributed by atoms with Crippen molar-refractivity contribution in [2.75, 3.05) is 46.4 Å². The lowest BCUT2D eigenvalue weighted by Crippen LogP contribution is -2.42. The zero-order valence-electron chi connectivity index (χ0n) is 10.9. The van der Waals surface area contributed by atoms with Gasteiger partial charge < -0.3 is 20.3 Å². The van der Waals surface area contributed by atoms with E-state index < -0.39 is 0 Å². The second-order valence-electron chi connectivity index (χ2n) is 3.51. The van der Waals surface area contributed by atoms with Gasteiger partial charge in [0.1, 0.15) is 0 Å². The number of ether oxygens (including phenoxy) is 1. The molecule has 0 aliphatic rings. The smallest absolute Gasteiger partial charge is 0.241 e. The van der Waals surface area contributed by atoms with E-state index in [0.29, 0.717) is 26.2 Å². The van der Waals surface area contributed by atoms with Crippen LogP contribution >= 0.6 is 0 Å². The summed E-state index contributed by atoms with van der Waals surface area (Å²) in [7, 11) is 1.60. The van der Waals surface area contributed by atoms with Crippen LogP contribution in [0.2, 0.25) is 0 Å². The molecule has 6 heteroatoms. The van der Waals surface area contributed by atoms with E-state index in [9.17, 15) is 9.59 Å². The summed E-state index contributed by atoms with van der Waals surface area (Å²) < 4.78 is 4.83. The molecule has 2 N–H and O–H groups in total. The summed E-state index contributed by atoms with van der Waals surface area (Å²) in [5, 5.41) is 5.48. The molecular formula is C11H23N3O3. The predicted molar refractivity (Wildman–Crippen MR) is 65.7 cm³/mol. The molecule has 0 bridgehead atoms. The number of amides is 2. The van der Waals surface area contributed by atoms with Gasteiger partial charge in [-0.2, -0.15) is 0 Å². The summed E-state index contributed by atoms with van der Waals surface area (Å²) in [6.45, 7) is 6.60. The second-order valence-corrected chi connectivity index (χ2v) is 3.51. The van der Waals surface area contributed by atoms with E-state index in [4.69, 9.17) is 4.74 Å². The van der Waals surface area contributed by atoms with E-state index in [0.717, 1.165) is 0 Å². The van der Waals surface area contributed by atoms with Crippen molar-refractivity contribution in [3.63, 3.8) is 0 Å². The molecule has 100 valence electrons. The Bertz CT molecular complexity index is 230. The summed E-state index contributed by atoms with van der Waals surface area (Å²) >= 11 is 0. The zero-order valence-corrected chi connectivity index (χ0v) is 10.9. The number of carbonyl (C=O) groups is 2. The lowest BCUT2D eigenvalue weighted by Gasteiger charge is -2.18. The standard InChI is InChI=1S/C11H23N3O3/c1-4-14(5-2)11(16)9-13-10(15)8-12-6-7-17-3/h12H,4-9H2,1-3H3,(H,13,15). The summed E-state index contributed by atoms with van der Waals surface area (Å²) in [5.74, 6) is -0.234.